The van der Waals surface area contributed by atoms with E-state index >= 15 is 0 Å². The molecule has 56 heavy (non-hydrogen) atoms. The summed E-state index contributed by atoms with van der Waals surface area (Å²) in [6.07, 6.45) is 3.44. The Hall–Kier alpha value is -7.34. The van der Waals surface area contributed by atoms with Crippen molar-refractivity contribution in [1.29, 1.82) is 0 Å². The largest absolute Gasteiger partial charge is 0.475 e. The number of amides is 2. The highest BCUT2D eigenvalue weighted by Gasteiger charge is 2.22. The van der Waals surface area contributed by atoms with Crippen LogP contribution in [0.4, 0.5) is 22.7 Å². The van der Waals surface area contributed by atoms with Gasteiger partial charge in [0.25, 0.3) is 11.8 Å². The van der Waals surface area contributed by atoms with E-state index in [1.807, 2.05) is 111 Å². The normalized spacial score (nSPS) is 15.6. The Labute approximate surface area is 324 Å². The van der Waals surface area contributed by atoms with Gasteiger partial charge in [-0.3, -0.25) is 19.6 Å². The molecule has 0 fully saturated rings. The fourth-order valence-corrected chi connectivity index (χ4v) is 6.10. The van der Waals surface area contributed by atoms with Crippen LogP contribution < -0.4 is 22.1 Å². The molecule has 2 amide bonds. The quantitative estimate of drug-likeness (QED) is 0.116. The van der Waals surface area contributed by atoms with Gasteiger partial charge in [0.1, 0.15) is 13.2 Å². The van der Waals surface area contributed by atoms with Crippen LogP contribution in [0.2, 0.25) is 0 Å². The predicted octanol–water partition coefficient (Wildman–Crippen LogP) is 7.50. The van der Waals surface area contributed by atoms with Crippen molar-refractivity contribution in [3.8, 4) is 22.5 Å². The number of hydrogen-bond donors (Lipinski definition) is 4. The third kappa shape index (κ3) is 8.55. The predicted molar refractivity (Wildman–Crippen MR) is 221 cm³/mol. The Morgan fingerprint density at radius 3 is 1.34 bits per heavy atom. The van der Waals surface area contributed by atoms with Gasteiger partial charge in [0.15, 0.2) is 0 Å². The van der Waals surface area contributed by atoms with Crippen LogP contribution in [-0.2, 0) is 9.47 Å². The smallest absolute Gasteiger partial charge is 0.257 e. The number of pyridine rings is 2. The van der Waals surface area contributed by atoms with Crippen LogP contribution in [-0.4, -0.2) is 58.9 Å². The lowest BCUT2D eigenvalue weighted by Crippen LogP contribution is -2.16. The third-order valence-electron chi connectivity index (χ3n) is 8.92. The molecule has 0 saturated heterocycles. The SMILES string of the molecule is C[C@H]1COC(c2ccccc2NC(=O)c2ccc(-c3ccccn3)cc2N)=N1.C[C@H]1COC(c2ccccc2NC(=O)c2ccc(-c3ccccn3)cc2N)=N1. The number of para-hydroxylation sites is 2. The highest BCUT2D eigenvalue weighted by atomic mass is 16.5. The van der Waals surface area contributed by atoms with Crippen molar-refractivity contribution < 1.29 is 19.1 Å². The van der Waals surface area contributed by atoms with E-state index in [1.165, 1.54) is 0 Å². The van der Waals surface area contributed by atoms with Gasteiger partial charge in [-0.1, -0.05) is 48.5 Å². The van der Waals surface area contributed by atoms with E-state index in [0.717, 1.165) is 33.6 Å². The van der Waals surface area contributed by atoms with Gasteiger partial charge in [0.2, 0.25) is 11.8 Å². The second kappa shape index (κ2) is 16.8. The van der Waals surface area contributed by atoms with Crippen molar-refractivity contribution in [3.63, 3.8) is 0 Å². The van der Waals surface area contributed by atoms with Gasteiger partial charge in [0.05, 0.1) is 57.1 Å². The Morgan fingerprint density at radius 1 is 0.571 bits per heavy atom. The van der Waals surface area contributed by atoms with Crippen molar-refractivity contribution in [2.75, 3.05) is 35.3 Å². The van der Waals surface area contributed by atoms with Gasteiger partial charge in [-0.25, -0.2) is 9.98 Å². The van der Waals surface area contributed by atoms with Crippen molar-refractivity contribution in [3.05, 3.63) is 156 Å². The van der Waals surface area contributed by atoms with E-state index in [9.17, 15) is 9.59 Å². The number of benzene rings is 4. The van der Waals surface area contributed by atoms with Gasteiger partial charge in [-0.2, -0.15) is 0 Å². The number of hydrogen-bond acceptors (Lipinski definition) is 10. The molecule has 0 radical (unpaired) electrons. The molecule has 0 saturated carbocycles. The van der Waals surface area contributed by atoms with Gasteiger partial charge in [-0.15, -0.1) is 0 Å². The maximum absolute atomic E-state index is 12.8. The molecule has 2 aliphatic rings. The lowest BCUT2D eigenvalue weighted by atomic mass is 10.1. The molecule has 6 aromatic rings. The van der Waals surface area contributed by atoms with Crippen LogP contribution in [0.5, 0.6) is 0 Å². The molecule has 6 N–H and O–H groups in total. The van der Waals surface area contributed by atoms with Crippen LogP contribution in [0.15, 0.2) is 144 Å². The summed E-state index contributed by atoms with van der Waals surface area (Å²) in [5.74, 6) is 0.511. The molecular formula is C44H40N8O4. The molecule has 4 heterocycles. The van der Waals surface area contributed by atoms with Crippen molar-refractivity contribution in [2.24, 2.45) is 9.98 Å². The fraction of sp³-hybridized carbons (Fsp3) is 0.136. The monoisotopic (exact) mass is 744 g/mol. The molecule has 8 rings (SSSR count). The number of ether oxygens (including phenoxy) is 2. The van der Waals surface area contributed by atoms with Gasteiger partial charge in [0, 0.05) is 34.9 Å². The van der Waals surface area contributed by atoms with Crippen LogP contribution in [0, 0.1) is 0 Å². The summed E-state index contributed by atoms with van der Waals surface area (Å²) in [5.41, 5.74) is 20.0. The van der Waals surface area contributed by atoms with Crippen molar-refractivity contribution in [1.82, 2.24) is 9.97 Å². The maximum atomic E-state index is 12.8. The molecule has 4 aromatic carbocycles. The summed E-state index contributed by atoms with van der Waals surface area (Å²) < 4.78 is 11.3. The summed E-state index contributed by atoms with van der Waals surface area (Å²) in [4.78, 5) is 43.2. The number of carbonyl (C=O) groups excluding carboxylic acids is 2. The average molecular weight is 745 g/mol. The van der Waals surface area contributed by atoms with Crippen molar-refractivity contribution >= 4 is 46.4 Å². The molecule has 2 atom stereocenters. The first-order valence-corrected chi connectivity index (χ1v) is 18.1. The highest BCUT2D eigenvalue weighted by molar-refractivity contribution is 6.12. The van der Waals surface area contributed by atoms with Gasteiger partial charge in [-0.05, 0) is 86.6 Å². The third-order valence-corrected chi connectivity index (χ3v) is 8.92. The summed E-state index contributed by atoms with van der Waals surface area (Å²) in [6.45, 7) is 5.05. The first-order chi connectivity index (χ1) is 27.2. The van der Waals surface area contributed by atoms with Crippen LogP contribution in [0.1, 0.15) is 45.7 Å². The molecule has 280 valence electrons. The lowest BCUT2D eigenvalue weighted by molar-refractivity contribution is 0.101. The molecule has 12 heteroatoms. The van der Waals surface area contributed by atoms with Gasteiger partial charge < -0.3 is 31.6 Å². The van der Waals surface area contributed by atoms with Crippen LogP contribution in [0.3, 0.4) is 0 Å². The maximum Gasteiger partial charge on any atom is 0.257 e. The molecule has 2 aromatic heterocycles. The molecule has 0 unspecified atom stereocenters. The molecule has 0 aliphatic carbocycles. The molecule has 12 nitrogen and oxygen atoms in total. The van der Waals surface area contributed by atoms with E-state index in [4.69, 9.17) is 20.9 Å². The second-order valence-electron chi connectivity index (χ2n) is 13.2. The number of nitrogens with zero attached hydrogens (tertiary/aromatic N) is 4. The van der Waals surface area contributed by atoms with E-state index in [1.54, 1.807) is 36.7 Å². The summed E-state index contributed by atoms with van der Waals surface area (Å²) in [6, 6.07) is 37.0. The Bertz CT molecular complexity index is 2270. The minimum atomic E-state index is -0.288. The second-order valence-corrected chi connectivity index (χ2v) is 13.2. The summed E-state index contributed by atoms with van der Waals surface area (Å²) in [5, 5.41) is 5.85. The van der Waals surface area contributed by atoms with E-state index < -0.39 is 0 Å². The first-order valence-electron chi connectivity index (χ1n) is 18.1. The Kier molecular flexibility index (Phi) is 11.1. The van der Waals surface area contributed by atoms with E-state index in [0.29, 0.717) is 58.9 Å². The molecule has 0 spiro atoms. The average Bonchev–Trinajstić information content (AvgIpc) is 3.86. The molecular weight excluding hydrogens is 705 g/mol. The fourth-order valence-electron chi connectivity index (χ4n) is 6.10. The Balaban J connectivity index is 0.000000172. The lowest BCUT2D eigenvalue weighted by Gasteiger charge is -2.12. The highest BCUT2D eigenvalue weighted by Crippen LogP contribution is 2.27. The Morgan fingerprint density at radius 2 is 0.982 bits per heavy atom. The van der Waals surface area contributed by atoms with Crippen molar-refractivity contribution in [2.45, 2.75) is 25.9 Å². The zero-order valence-corrected chi connectivity index (χ0v) is 30.8. The number of aliphatic imine (C=N–C) groups is 2. The first kappa shape index (κ1) is 37.0. The number of rotatable bonds is 8. The van der Waals surface area contributed by atoms with Gasteiger partial charge >= 0.3 is 0 Å². The number of carbonyl (C=O) groups is 2. The number of nitrogen functional groups attached to an aromatic ring is 2. The van der Waals surface area contributed by atoms with Crippen LogP contribution in [0.25, 0.3) is 22.5 Å². The zero-order valence-electron chi connectivity index (χ0n) is 30.8. The number of nitrogens with one attached hydrogen (secondary N) is 2. The molecule has 0 bridgehead atoms. The van der Waals surface area contributed by atoms with E-state index in [-0.39, 0.29) is 23.9 Å². The number of aromatic nitrogens is 2. The standard InChI is InChI=1S/2C22H20N4O2/c2*1-14-13-28-22(25-14)17-6-2-3-8-20(17)26-21(27)16-10-9-15(12-18(16)23)19-7-4-5-11-24-19/h2*2-12,14H,13,23H2,1H3,(H,26,27)/t2*14-/m00/s1. The minimum Gasteiger partial charge on any atom is -0.475 e. The van der Waals surface area contributed by atoms with E-state index in [2.05, 4.69) is 30.6 Å². The number of anilines is 4. The molecule has 2 aliphatic heterocycles. The number of nitrogens with two attached hydrogens (primary N) is 2. The van der Waals surface area contributed by atoms with Crippen LogP contribution >= 0.6 is 0 Å². The topological polar surface area (TPSA) is 179 Å². The minimum absolute atomic E-state index is 0.105. The summed E-state index contributed by atoms with van der Waals surface area (Å²) in [7, 11) is 0. The summed E-state index contributed by atoms with van der Waals surface area (Å²) >= 11 is 0. The zero-order chi connectivity index (χ0) is 39.0.